The minimum Gasteiger partial charge on any atom is -0.457 e. The first kappa shape index (κ1) is 45.8. The quantitative estimate of drug-likeness (QED) is 0.0637. The van der Waals surface area contributed by atoms with Crippen LogP contribution in [0.1, 0.15) is 58.8 Å². The fourth-order valence-corrected chi connectivity index (χ4v) is 8.94. The number of benzene rings is 4. The van der Waals surface area contributed by atoms with Crippen LogP contribution in [0.3, 0.4) is 0 Å². The Kier molecular flexibility index (Phi) is 13.2. The number of urea groups is 1. The molecule has 9 rings (SSSR count). The maximum atomic E-state index is 13.6. The van der Waals surface area contributed by atoms with Crippen LogP contribution in [-0.2, 0) is 38.8 Å². The number of para-hydroxylation sites is 1. The average molecular weight is 952 g/mol. The third-order valence-electron chi connectivity index (χ3n) is 12.0. The summed E-state index contributed by atoms with van der Waals surface area (Å²) in [5, 5.41) is 16.3. The largest absolute Gasteiger partial charge is 0.457 e. The molecule has 352 valence electrons. The van der Waals surface area contributed by atoms with Crippen molar-refractivity contribution >= 4 is 69.9 Å². The number of ether oxygens (including phenoxy) is 2. The Bertz CT molecular complexity index is 3020. The molecule has 0 bridgehead atoms. The SMILES string of the molecule is C=C(COC(=O)NCc1cc(Cl)cc(NC(=O)NCc2ccc3c(c2)CN(C2CCC(=O)NC2=O)C3=O)c1)C(=O)N1CCC[C@@H](n2nc(-c3ccc(Oc4ccccc4)cc3)c3c(N)ncnc32)C1. The van der Waals surface area contributed by atoms with E-state index in [1.54, 1.807) is 46.0 Å². The number of imide groups is 1. The highest BCUT2D eigenvalue weighted by atomic mass is 35.5. The minimum absolute atomic E-state index is 0.00684. The number of nitrogens with zero attached hydrogens (tertiary/aromatic N) is 6. The van der Waals surface area contributed by atoms with Crippen LogP contribution in [-0.4, -0.2) is 91.0 Å². The summed E-state index contributed by atoms with van der Waals surface area (Å²) in [4.78, 5) is 88.3. The van der Waals surface area contributed by atoms with Gasteiger partial charge in [-0.25, -0.2) is 24.2 Å². The van der Waals surface area contributed by atoms with Crippen molar-refractivity contribution < 1.29 is 38.2 Å². The van der Waals surface area contributed by atoms with Crippen LogP contribution >= 0.6 is 11.6 Å². The molecule has 19 nitrogen and oxygen atoms in total. The van der Waals surface area contributed by atoms with Gasteiger partial charge in [-0.3, -0.25) is 24.5 Å². The molecule has 2 aromatic heterocycles. The molecule has 0 radical (unpaired) electrons. The highest BCUT2D eigenvalue weighted by molar-refractivity contribution is 6.31. The minimum atomic E-state index is -0.795. The van der Waals surface area contributed by atoms with Crippen molar-refractivity contribution in [2.24, 2.45) is 0 Å². The van der Waals surface area contributed by atoms with Crippen molar-refractivity contribution in [3.8, 4) is 22.8 Å². The van der Waals surface area contributed by atoms with Gasteiger partial charge in [0.2, 0.25) is 11.8 Å². The van der Waals surface area contributed by atoms with E-state index in [0.717, 1.165) is 17.5 Å². The average Bonchev–Trinajstić information content (AvgIpc) is 3.90. The maximum absolute atomic E-state index is 13.6. The predicted octanol–water partition coefficient (Wildman–Crippen LogP) is 6.25. The summed E-state index contributed by atoms with van der Waals surface area (Å²) in [6, 6.07) is 25.5. The number of carbonyl (C=O) groups is 6. The number of hydrogen-bond acceptors (Lipinski definition) is 12. The van der Waals surface area contributed by atoms with E-state index >= 15 is 0 Å². The van der Waals surface area contributed by atoms with Crippen molar-refractivity contribution in [3.05, 3.63) is 137 Å². The molecule has 7 amide bonds. The van der Waals surface area contributed by atoms with Crippen LogP contribution in [0.25, 0.3) is 22.3 Å². The molecule has 6 aromatic rings. The number of aromatic nitrogens is 4. The highest BCUT2D eigenvalue weighted by Gasteiger charge is 2.39. The van der Waals surface area contributed by atoms with Gasteiger partial charge < -0.3 is 41.0 Å². The Morgan fingerprint density at radius 3 is 2.48 bits per heavy atom. The van der Waals surface area contributed by atoms with Gasteiger partial charge in [0.05, 0.1) is 11.4 Å². The number of nitrogens with two attached hydrogens (primary N) is 1. The number of amides is 7. The molecule has 0 aliphatic carbocycles. The van der Waals surface area contributed by atoms with E-state index in [2.05, 4.69) is 37.8 Å². The van der Waals surface area contributed by atoms with Crippen LogP contribution in [0, 0.1) is 0 Å². The maximum Gasteiger partial charge on any atom is 0.407 e. The van der Waals surface area contributed by atoms with Gasteiger partial charge in [-0.15, -0.1) is 0 Å². The topological polar surface area (TPSA) is 245 Å². The number of anilines is 2. The molecule has 2 saturated heterocycles. The fourth-order valence-electron chi connectivity index (χ4n) is 8.68. The molecule has 1 unspecified atom stereocenters. The third kappa shape index (κ3) is 10.3. The normalized spacial score (nSPS) is 16.7. The zero-order chi connectivity index (χ0) is 48.2. The van der Waals surface area contributed by atoms with Crippen molar-refractivity contribution in [1.29, 1.82) is 0 Å². The van der Waals surface area contributed by atoms with Crippen molar-refractivity contribution in [2.45, 2.75) is 57.4 Å². The summed E-state index contributed by atoms with van der Waals surface area (Å²) in [7, 11) is 0. The number of fused-ring (bicyclic) bond motifs is 2. The lowest BCUT2D eigenvalue weighted by Gasteiger charge is -2.33. The summed E-state index contributed by atoms with van der Waals surface area (Å²) >= 11 is 6.36. The Balaban J connectivity index is 0.747. The number of likely N-dealkylation sites (tertiary alicyclic amines) is 1. The summed E-state index contributed by atoms with van der Waals surface area (Å²) < 4.78 is 13.1. The molecule has 3 aliphatic rings. The van der Waals surface area contributed by atoms with Gasteiger partial charge in [0.15, 0.2) is 5.65 Å². The number of carbonyl (C=O) groups excluding carboxylic acids is 6. The van der Waals surface area contributed by atoms with Crippen LogP contribution < -0.4 is 31.7 Å². The van der Waals surface area contributed by atoms with Gasteiger partial charge >= 0.3 is 12.1 Å². The molecule has 0 spiro atoms. The zero-order valence-electron chi connectivity index (χ0n) is 37.1. The van der Waals surface area contributed by atoms with E-state index < -0.39 is 24.1 Å². The number of hydrogen-bond donors (Lipinski definition) is 5. The van der Waals surface area contributed by atoms with Crippen LogP contribution in [0.5, 0.6) is 11.5 Å². The van der Waals surface area contributed by atoms with Crippen molar-refractivity contribution in [3.63, 3.8) is 0 Å². The first-order chi connectivity index (χ1) is 33.4. The Hall–Kier alpha value is -8.32. The van der Waals surface area contributed by atoms with Crippen molar-refractivity contribution in [1.82, 2.24) is 45.5 Å². The van der Waals surface area contributed by atoms with E-state index in [0.29, 0.717) is 75.1 Å². The Morgan fingerprint density at radius 1 is 0.899 bits per heavy atom. The van der Waals surface area contributed by atoms with E-state index in [9.17, 15) is 28.8 Å². The molecule has 0 saturated carbocycles. The Labute approximate surface area is 400 Å². The van der Waals surface area contributed by atoms with Crippen LogP contribution in [0.2, 0.25) is 5.02 Å². The number of nitrogens with one attached hydrogen (secondary N) is 4. The number of piperidine rings is 2. The smallest absolute Gasteiger partial charge is 0.407 e. The molecule has 2 fully saturated rings. The van der Waals surface area contributed by atoms with E-state index in [1.807, 2.05) is 54.6 Å². The van der Waals surface area contributed by atoms with Crippen LogP contribution in [0.4, 0.5) is 21.1 Å². The monoisotopic (exact) mass is 951 g/mol. The summed E-state index contributed by atoms with van der Waals surface area (Å²) in [5.74, 6) is 0.163. The lowest BCUT2D eigenvalue weighted by molar-refractivity contribution is -0.137. The molecule has 20 heteroatoms. The fraction of sp³-hybridized carbons (Fsp3) is 0.245. The molecular weight excluding hydrogens is 906 g/mol. The third-order valence-corrected chi connectivity index (χ3v) is 12.2. The lowest BCUT2D eigenvalue weighted by atomic mass is 10.0. The van der Waals surface area contributed by atoms with Crippen molar-refractivity contribution in [2.75, 3.05) is 30.7 Å². The second-order valence-corrected chi connectivity index (χ2v) is 17.3. The van der Waals surface area contributed by atoms with Gasteiger partial charge in [0, 0.05) is 66.6 Å². The molecule has 2 atom stereocenters. The lowest BCUT2D eigenvalue weighted by Crippen LogP contribution is -2.52. The first-order valence-corrected chi connectivity index (χ1v) is 22.5. The zero-order valence-corrected chi connectivity index (χ0v) is 37.8. The Morgan fingerprint density at radius 2 is 1.68 bits per heavy atom. The molecule has 4 aromatic carbocycles. The summed E-state index contributed by atoms with van der Waals surface area (Å²) in [5.41, 5.74) is 11.3. The van der Waals surface area contributed by atoms with E-state index in [-0.39, 0.29) is 74.2 Å². The second-order valence-electron chi connectivity index (χ2n) is 16.8. The predicted molar refractivity (Wildman–Crippen MR) is 254 cm³/mol. The number of alkyl carbamates (subject to hydrolysis) is 1. The van der Waals surface area contributed by atoms with E-state index in [4.69, 9.17) is 31.9 Å². The van der Waals surface area contributed by atoms with Gasteiger partial charge in [-0.05, 0) is 96.6 Å². The molecule has 69 heavy (non-hydrogen) atoms. The number of halogens is 1. The van der Waals surface area contributed by atoms with Gasteiger partial charge in [0.25, 0.3) is 11.8 Å². The van der Waals surface area contributed by atoms with E-state index in [1.165, 1.54) is 11.2 Å². The van der Waals surface area contributed by atoms with Gasteiger partial charge in [-0.2, -0.15) is 5.10 Å². The molecule has 5 heterocycles. The van der Waals surface area contributed by atoms with Gasteiger partial charge in [0.1, 0.15) is 42.0 Å². The summed E-state index contributed by atoms with van der Waals surface area (Å²) in [6.07, 6.45) is 2.42. The standard InChI is InChI=1S/C49H46ClN11O8/c1-28(46(64)59-17-5-6-35(25-59)61-44-41(43(51)54-27-55-44)42(58-61)31-10-12-37(13-11-31)69-36-7-3-2-4-8-36)26-68-49(67)53-23-30-19-33(50)21-34(20-30)56-48(66)52-22-29-9-14-38-32(18-29)24-60(47(38)65)39-15-16-40(62)57-45(39)63/h2-4,7-14,18-21,27,35,39H,1,5-6,15-17,22-26H2,(H,53,67)(H2,51,54,55)(H2,52,56,66)(H,57,62,63)/t35-,39?/m1/s1. The first-order valence-electron chi connectivity index (χ1n) is 22.2. The second kappa shape index (κ2) is 19.9. The number of nitrogen functional groups attached to an aromatic ring is 1. The highest BCUT2D eigenvalue weighted by Crippen LogP contribution is 2.35. The summed E-state index contributed by atoms with van der Waals surface area (Å²) in [6.45, 7) is 4.68. The molecular formula is C49H46ClN11O8. The molecule has 6 N–H and O–H groups in total. The number of rotatable bonds is 13. The van der Waals surface area contributed by atoms with Crippen LogP contribution in [0.15, 0.2) is 109 Å². The van der Waals surface area contributed by atoms with Gasteiger partial charge in [-0.1, -0.05) is 48.5 Å². The molecule has 3 aliphatic heterocycles.